The number of likely N-dealkylation sites (tertiary alicyclic amines) is 1. The summed E-state index contributed by atoms with van der Waals surface area (Å²) in [6.45, 7) is 9.25. The first-order valence-electron chi connectivity index (χ1n) is 15.4. The summed E-state index contributed by atoms with van der Waals surface area (Å²) in [5, 5.41) is 10.6. The van der Waals surface area contributed by atoms with Crippen LogP contribution in [0.1, 0.15) is 59.8 Å². The maximum absolute atomic E-state index is 14.7. The SMILES string of the molecule is CCCCCN1CC=C[C@]23O[C@@]4(CC)C=CCN(c5ccccc5)C(=O)[C@H]4[C@H]2C(=O)N([C@@H](CO)[C@@H](C)CC)C3C1=O. The van der Waals surface area contributed by atoms with E-state index in [0.717, 1.165) is 31.4 Å². The number of unbranched alkanes of at least 4 members (excludes halogenated alkanes) is 2. The number of amides is 3. The molecule has 1 unspecified atom stereocenters. The molecule has 0 aromatic heterocycles. The van der Waals surface area contributed by atoms with E-state index in [-0.39, 0.29) is 30.2 Å². The van der Waals surface area contributed by atoms with Gasteiger partial charge in [0.15, 0.2) is 0 Å². The first kappa shape index (κ1) is 29.5. The number of benzene rings is 1. The summed E-state index contributed by atoms with van der Waals surface area (Å²) in [4.78, 5) is 49.0. The Balaban J connectivity index is 1.66. The maximum Gasteiger partial charge on any atom is 0.249 e. The van der Waals surface area contributed by atoms with Gasteiger partial charge in [-0.25, -0.2) is 0 Å². The molecule has 4 aliphatic rings. The van der Waals surface area contributed by atoms with E-state index in [9.17, 15) is 19.5 Å². The van der Waals surface area contributed by atoms with Crippen LogP contribution in [0, 0.1) is 17.8 Å². The highest BCUT2D eigenvalue weighted by molar-refractivity contribution is 6.04. The summed E-state index contributed by atoms with van der Waals surface area (Å²) in [6.07, 6.45) is 11.9. The predicted molar refractivity (Wildman–Crippen MR) is 158 cm³/mol. The Morgan fingerprint density at radius 1 is 0.951 bits per heavy atom. The predicted octanol–water partition coefficient (Wildman–Crippen LogP) is 3.95. The number of rotatable bonds is 10. The highest BCUT2D eigenvalue weighted by Crippen LogP contribution is 2.59. The van der Waals surface area contributed by atoms with E-state index in [1.54, 1.807) is 9.80 Å². The molecule has 7 atom stereocenters. The normalized spacial score (nSPS) is 32.5. The summed E-state index contributed by atoms with van der Waals surface area (Å²) >= 11 is 0. The monoisotopic (exact) mass is 563 g/mol. The molecular formula is C33H45N3O5. The zero-order chi connectivity index (χ0) is 29.4. The average Bonchev–Trinajstić information content (AvgIpc) is 3.28. The summed E-state index contributed by atoms with van der Waals surface area (Å²) in [5.41, 5.74) is -1.58. The van der Waals surface area contributed by atoms with Crippen LogP contribution in [-0.4, -0.2) is 82.2 Å². The zero-order valence-corrected chi connectivity index (χ0v) is 24.9. The van der Waals surface area contributed by atoms with Crippen LogP contribution in [0.25, 0.3) is 0 Å². The topological polar surface area (TPSA) is 90.4 Å². The van der Waals surface area contributed by atoms with Gasteiger partial charge in [0.2, 0.25) is 17.7 Å². The first-order chi connectivity index (χ1) is 19.8. The number of para-hydroxylation sites is 1. The molecular weight excluding hydrogens is 518 g/mol. The fraction of sp³-hybridized carbons (Fsp3) is 0.606. The van der Waals surface area contributed by atoms with E-state index in [1.807, 2.05) is 80.3 Å². The van der Waals surface area contributed by atoms with E-state index in [2.05, 4.69) is 6.92 Å². The van der Waals surface area contributed by atoms with Crippen molar-refractivity contribution in [1.82, 2.24) is 9.80 Å². The van der Waals surface area contributed by atoms with Crippen LogP contribution in [0.15, 0.2) is 54.6 Å². The molecule has 1 aromatic carbocycles. The summed E-state index contributed by atoms with van der Waals surface area (Å²) < 4.78 is 7.07. The van der Waals surface area contributed by atoms with E-state index >= 15 is 0 Å². The Hall–Kier alpha value is -2.97. The van der Waals surface area contributed by atoms with Crippen LogP contribution < -0.4 is 4.90 Å². The molecule has 2 fully saturated rings. The number of nitrogens with zero attached hydrogens (tertiary/aromatic N) is 3. The lowest BCUT2D eigenvalue weighted by Crippen LogP contribution is -2.60. The number of hydrogen-bond acceptors (Lipinski definition) is 5. The first-order valence-corrected chi connectivity index (χ1v) is 15.4. The number of hydrogen-bond donors (Lipinski definition) is 1. The molecule has 0 radical (unpaired) electrons. The van der Waals surface area contributed by atoms with Gasteiger partial charge in [-0.1, -0.05) is 89.5 Å². The molecule has 1 spiro atoms. The highest BCUT2D eigenvalue weighted by atomic mass is 16.5. The van der Waals surface area contributed by atoms with Crippen molar-refractivity contribution >= 4 is 23.4 Å². The molecule has 8 heteroatoms. The lowest BCUT2D eigenvalue weighted by atomic mass is 9.73. The Bertz CT molecular complexity index is 1200. The Morgan fingerprint density at radius 3 is 2.34 bits per heavy atom. The third-order valence-corrected chi connectivity index (χ3v) is 9.91. The van der Waals surface area contributed by atoms with Gasteiger partial charge in [0.25, 0.3) is 0 Å². The molecule has 2 saturated heterocycles. The Morgan fingerprint density at radius 2 is 1.68 bits per heavy atom. The number of carbonyl (C=O) groups excluding carboxylic acids is 3. The van der Waals surface area contributed by atoms with Gasteiger partial charge in [-0.15, -0.1) is 0 Å². The molecule has 1 N–H and O–H groups in total. The molecule has 0 saturated carbocycles. The van der Waals surface area contributed by atoms with Crippen LogP contribution in [0.2, 0.25) is 0 Å². The van der Waals surface area contributed by atoms with E-state index in [4.69, 9.17) is 4.74 Å². The molecule has 1 aromatic rings. The second-order valence-corrected chi connectivity index (χ2v) is 12.1. The molecule has 3 amide bonds. The number of ether oxygens (including phenoxy) is 1. The molecule has 41 heavy (non-hydrogen) atoms. The van der Waals surface area contributed by atoms with E-state index in [1.165, 1.54) is 0 Å². The van der Waals surface area contributed by atoms with Crippen molar-refractivity contribution in [1.29, 1.82) is 0 Å². The molecule has 8 nitrogen and oxygen atoms in total. The largest absolute Gasteiger partial charge is 0.394 e. The van der Waals surface area contributed by atoms with E-state index in [0.29, 0.717) is 26.1 Å². The summed E-state index contributed by atoms with van der Waals surface area (Å²) in [7, 11) is 0. The van der Waals surface area contributed by atoms with Crippen molar-refractivity contribution in [2.24, 2.45) is 17.8 Å². The Labute approximate surface area is 244 Å². The van der Waals surface area contributed by atoms with Crippen molar-refractivity contribution in [3.05, 3.63) is 54.6 Å². The molecule has 4 heterocycles. The second-order valence-electron chi connectivity index (χ2n) is 12.1. The molecule has 0 aliphatic carbocycles. The van der Waals surface area contributed by atoms with Crippen LogP contribution in [0.4, 0.5) is 5.69 Å². The van der Waals surface area contributed by atoms with Crippen molar-refractivity contribution in [3.63, 3.8) is 0 Å². The Kier molecular flexibility index (Phi) is 8.44. The number of carbonyl (C=O) groups is 3. The van der Waals surface area contributed by atoms with Crippen LogP contribution >= 0.6 is 0 Å². The minimum absolute atomic E-state index is 0.0464. The number of aliphatic hydroxyl groups excluding tert-OH is 1. The second kappa shape index (κ2) is 11.7. The van der Waals surface area contributed by atoms with Gasteiger partial charge in [0, 0.05) is 25.3 Å². The van der Waals surface area contributed by atoms with Gasteiger partial charge in [0.05, 0.1) is 30.1 Å². The quantitative estimate of drug-likeness (QED) is 0.344. The minimum atomic E-state index is -1.31. The average molecular weight is 564 g/mol. The zero-order valence-electron chi connectivity index (χ0n) is 24.9. The number of aliphatic hydroxyl groups is 1. The van der Waals surface area contributed by atoms with Gasteiger partial charge < -0.3 is 24.5 Å². The van der Waals surface area contributed by atoms with E-state index < -0.39 is 35.1 Å². The maximum atomic E-state index is 14.7. The lowest BCUT2D eigenvalue weighted by Gasteiger charge is -2.42. The highest BCUT2D eigenvalue weighted by Gasteiger charge is 2.76. The fourth-order valence-electron chi connectivity index (χ4n) is 7.51. The minimum Gasteiger partial charge on any atom is -0.394 e. The number of anilines is 1. The fourth-order valence-corrected chi connectivity index (χ4v) is 7.51. The van der Waals surface area contributed by atoms with Crippen LogP contribution in [-0.2, 0) is 19.1 Å². The van der Waals surface area contributed by atoms with Gasteiger partial charge in [0.1, 0.15) is 11.6 Å². The lowest BCUT2D eigenvalue weighted by molar-refractivity contribution is -0.156. The smallest absolute Gasteiger partial charge is 0.249 e. The summed E-state index contributed by atoms with van der Waals surface area (Å²) in [5.74, 6) is -2.36. The van der Waals surface area contributed by atoms with Crippen LogP contribution in [0.3, 0.4) is 0 Å². The van der Waals surface area contributed by atoms with Gasteiger partial charge in [-0.2, -0.15) is 0 Å². The molecule has 222 valence electrons. The van der Waals surface area contributed by atoms with Crippen molar-refractivity contribution in [2.75, 3.05) is 31.1 Å². The van der Waals surface area contributed by atoms with Crippen molar-refractivity contribution in [2.45, 2.75) is 83.1 Å². The third-order valence-electron chi connectivity index (χ3n) is 9.91. The summed E-state index contributed by atoms with van der Waals surface area (Å²) in [6, 6.07) is 7.99. The van der Waals surface area contributed by atoms with Crippen molar-refractivity contribution < 1.29 is 24.2 Å². The standard InChI is InChI=1S/C33H45N3O5/c1-5-8-12-19-34-20-14-18-33-27(30(39)36(28(33)31(34)40)25(22-37)23(4)6-2)26-29(38)35(24-15-10-9-11-16-24)21-13-17-32(26,7-3)41-33/h9-11,13-18,23,25-28,37H,5-8,12,19-22H2,1-4H3/t23-,25-,26+,27-,28?,32-,33-/m0/s1. The van der Waals surface area contributed by atoms with Crippen LogP contribution in [0.5, 0.6) is 0 Å². The van der Waals surface area contributed by atoms with Gasteiger partial charge in [-0.3, -0.25) is 14.4 Å². The molecule has 0 bridgehead atoms. The van der Waals surface area contributed by atoms with Crippen molar-refractivity contribution in [3.8, 4) is 0 Å². The third kappa shape index (κ3) is 4.63. The molecule has 4 aliphatic heterocycles. The van der Waals surface area contributed by atoms with Gasteiger partial charge >= 0.3 is 0 Å². The number of fused-ring (bicyclic) bond motifs is 2. The molecule has 5 rings (SSSR count). The van der Waals surface area contributed by atoms with Gasteiger partial charge in [-0.05, 0) is 30.9 Å².